The second-order valence-electron chi connectivity index (χ2n) is 3.80. The molecule has 0 aromatic carbocycles. The Bertz CT molecular complexity index is 329. The SMILES string of the molecule is CC1CN(c2cccnc2CN)CCS1. The molecule has 0 saturated carbocycles. The van der Waals surface area contributed by atoms with Crippen LogP contribution in [0, 0.1) is 0 Å². The predicted octanol–water partition coefficient (Wildman–Crippen LogP) is 1.48. The molecule has 0 aliphatic carbocycles. The summed E-state index contributed by atoms with van der Waals surface area (Å²) in [6, 6.07) is 4.11. The first-order valence-corrected chi connectivity index (χ1v) is 6.36. The molecule has 4 heteroatoms. The molecule has 3 nitrogen and oxygen atoms in total. The van der Waals surface area contributed by atoms with Crippen molar-refractivity contribution >= 4 is 17.4 Å². The van der Waals surface area contributed by atoms with Gasteiger partial charge in [-0.1, -0.05) is 6.92 Å². The Hall–Kier alpha value is -0.740. The molecule has 1 unspecified atom stereocenters. The van der Waals surface area contributed by atoms with Gasteiger partial charge in [-0.3, -0.25) is 4.98 Å². The van der Waals surface area contributed by atoms with E-state index in [0.717, 1.165) is 18.8 Å². The van der Waals surface area contributed by atoms with Crippen molar-refractivity contribution in [1.29, 1.82) is 0 Å². The lowest BCUT2D eigenvalue weighted by Crippen LogP contribution is -2.37. The normalized spacial score (nSPS) is 21.7. The fourth-order valence-corrected chi connectivity index (χ4v) is 2.93. The molecule has 2 N–H and O–H groups in total. The van der Waals surface area contributed by atoms with Crippen LogP contribution in [-0.2, 0) is 6.54 Å². The van der Waals surface area contributed by atoms with Crippen LogP contribution in [0.15, 0.2) is 18.3 Å². The van der Waals surface area contributed by atoms with Crippen LogP contribution in [-0.4, -0.2) is 29.1 Å². The summed E-state index contributed by atoms with van der Waals surface area (Å²) >= 11 is 2.04. The van der Waals surface area contributed by atoms with Crippen molar-refractivity contribution in [2.75, 3.05) is 23.7 Å². The van der Waals surface area contributed by atoms with Crippen LogP contribution in [0.4, 0.5) is 5.69 Å². The van der Waals surface area contributed by atoms with E-state index in [-0.39, 0.29) is 0 Å². The maximum Gasteiger partial charge on any atom is 0.0772 e. The Morgan fingerprint density at radius 1 is 1.67 bits per heavy atom. The standard InChI is InChI=1S/C11H17N3S/c1-9-8-14(5-6-15-9)11-3-2-4-13-10(11)7-12/h2-4,9H,5-8,12H2,1H3. The zero-order chi connectivity index (χ0) is 10.7. The second-order valence-corrected chi connectivity index (χ2v) is 5.35. The largest absolute Gasteiger partial charge is 0.368 e. The molecule has 0 spiro atoms. The molecule has 1 aromatic heterocycles. The van der Waals surface area contributed by atoms with Crippen LogP contribution in [0.5, 0.6) is 0 Å². The number of nitrogens with two attached hydrogens (primary N) is 1. The third-order valence-electron chi connectivity index (χ3n) is 2.64. The van der Waals surface area contributed by atoms with E-state index in [9.17, 15) is 0 Å². The third-order valence-corrected chi connectivity index (χ3v) is 3.78. The van der Waals surface area contributed by atoms with E-state index in [4.69, 9.17) is 5.73 Å². The van der Waals surface area contributed by atoms with Gasteiger partial charge in [0.15, 0.2) is 0 Å². The number of anilines is 1. The first kappa shape index (κ1) is 10.8. The van der Waals surface area contributed by atoms with Crippen LogP contribution in [0.25, 0.3) is 0 Å². The summed E-state index contributed by atoms with van der Waals surface area (Å²) in [6.07, 6.45) is 1.81. The van der Waals surface area contributed by atoms with E-state index in [1.165, 1.54) is 11.4 Å². The Balaban J connectivity index is 2.20. The van der Waals surface area contributed by atoms with Gasteiger partial charge in [0.25, 0.3) is 0 Å². The lowest BCUT2D eigenvalue weighted by Gasteiger charge is -2.33. The number of nitrogens with zero attached hydrogens (tertiary/aromatic N) is 2. The van der Waals surface area contributed by atoms with Crippen molar-refractivity contribution in [3.05, 3.63) is 24.0 Å². The van der Waals surface area contributed by atoms with Crippen LogP contribution >= 0.6 is 11.8 Å². The van der Waals surface area contributed by atoms with Gasteiger partial charge in [0.2, 0.25) is 0 Å². The first-order valence-electron chi connectivity index (χ1n) is 5.31. The van der Waals surface area contributed by atoms with Crippen LogP contribution < -0.4 is 10.6 Å². The maximum atomic E-state index is 5.70. The second kappa shape index (κ2) is 4.86. The molecule has 82 valence electrons. The van der Waals surface area contributed by atoms with Gasteiger partial charge in [-0.05, 0) is 12.1 Å². The first-order chi connectivity index (χ1) is 7.31. The minimum atomic E-state index is 0.522. The van der Waals surface area contributed by atoms with E-state index in [1.807, 2.05) is 24.0 Å². The van der Waals surface area contributed by atoms with Crippen molar-refractivity contribution < 1.29 is 0 Å². The summed E-state index contributed by atoms with van der Waals surface area (Å²) in [7, 11) is 0. The predicted molar refractivity (Wildman–Crippen MR) is 66.3 cm³/mol. The number of hydrogen-bond acceptors (Lipinski definition) is 4. The summed E-state index contributed by atoms with van der Waals surface area (Å²) in [5.74, 6) is 1.19. The van der Waals surface area contributed by atoms with Gasteiger partial charge in [0, 0.05) is 36.8 Å². The van der Waals surface area contributed by atoms with Crippen molar-refractivity contribution in [2.45, 2.75) is 18.7 Å². The highest BCUT2D eigenvalue weighted by Crippen LogP contribution is 2.25. The van der Waals surface area contributed by atoms with Crippen molar-refractivity contribution in [2.24, 2.45) is 5.73 Å². The fourth-order valence-electron chi connectivity index (χ4n) is 1.91. The van der Waals surface area contributed by atoms with E-state index in [1.54, 1.807) is 0 Å². The number of thioether (sulfide) groups is 1. The zero-order valence-electron chi connectivity index (χ0n) is 9.02. The molecule has 0 amide bonds. The number of hydrogen-bond donors (Lipinski definition) is 1. The molecule has 1 fully saturated rings. The van der Waals surface area contributed by atoms with E-state index >= 15 is 0 Å². The highest BCUT2D eigenvalue weighted by molar-refractivity contribution is 8.00. The van der Waals surface area contributed by atoms with Gasteiger partial charge in [-0.25, -0.2) is 0 Å². The van der Waals surface area contributed by atoms with Crippen LogP contribution in [0.3, 0.4) is 0 Å². The van der Waals surface area contributed by atoms with Crippen molar-refractivity contribution in [3.8, 4) is 0 Å². The summed E-state index contributed by atoms with van der Waals surface area (Å²) in [5, 5.41) is 0.699. The molecular formula is C11H17N3S. The summed E-state index contributed by atoms with van der Waals surface area (Å²) in [6.45, 7) is 5.00. The third kappa shape index (κ3) is 2.44. The van der Waals surface area contributed by atoms with Gasteiger partial charge in [-0.2, -0.15) is 11.8 Å². The lowest BCUT2D eigenvalue weighted by atomic mass is 10.2. The molecule has 1 atom stereocenters. The molecule has 15 heavy (non-hydrogen) atoms. The van der Waals surface area contributed by atoms with Crippen molar-refractivity contribution in [3.63, 3.8) is 0 Å². The highest BCUT2D eigenvalue weighted by atomic mass is 32.2. The monoisotopic (exact) mass is 223 g/mol. The highest BCUT2D eigenvalue weighted by Gasteiger charge is 2.18. The van der Waals surface area contributed by atoms with Crippen LogP contribution in [0.1, 0.15) is 12.6 Å². The van der Waals surface area contributed by atoms with Gasteiger partial charge < -0.3 is 10.6 Å². The van der Waals surface area contributed by atoms with Gasteiger partial charge in [0.05, 0.1) is 11.4 Å². The maximum absolute atomic E-state index is 5.70. The van der Waals surface area contributed by atoms with E-state index < -0.39 is 0 Å². The Labute approximate surface area is 95.1 Å². The molecule has 1 saturated heterocycles. The molecular weight excluding hydrogens is 206 g/mol. The number of rotatable bonds is 2. The van der Waals surface area contributed by atoms with Crippen molar-refractivity contribution in [1.82, 2.24) is 4.98 Å². The molecule has 1 aliphatic heterocycles. The van der Waals surface area contributed by atoms with Gasteiger partial charge in [-0.15, -0.1) is 0 Å². The molecule has 0 radical (unpaired) electrons. The molecule has 1 aromatic rings. The van der Waals surface area contributed by atoms with E-state index in [0.29, 0.717) is 11.8 Å². The molecule has 2 heterocycles. The summed E-state index contributed by atoms with van der Waals surface area (Å²) in [5.41, 5.74) is 7.92. The molecule has 1 aliphatic rings. The number of pyridine rings is 1. The topological polar surface area (TPSA) is 42.2 Å². The van der Waals surface area contributed by atoms with E-state index in [2.05, 4.69) is 22.9 Å². The Kier molecular flexibility index (Phi) is 3.49. The average molecular weight is 223 g/mol. The minimum absolute atomic E-state index is 0.522. The summed E-state index contributed by atoms with van der Waals surface area (Å²) in [4.78, 5) is 6.72. The zero-order valence-corrected chi connectivity index (χ0v) is 9.83. The fraction of sp³-hybridized carbons (Fsp3) is 0.545. The Morgan fingerprint density at radius 3 is 3.27 bits per heavy atom. The van der Waals surface area contributed by atoms with Crippen LogP contribution in [0.2, 0.25) is 0 Å². The molecule has 2 rings (SSSR count). The van der Waals surface area contributed by atoms with Gasteiger partial charge in [0.1, 0.15) is 0 Å². The molecule has 0 bridgehead atoms. The summed E-state index contributed by atoms with van der Waals surface area (Å²) < 4.78 is 0. The quantitative estimate of drug-likeness (QED) is 0.824. The minimum Gasteiger partial charge on any atom is -0.368 e. The Morgan fingerprint density at radius 2 is 2.53 bits per heavy atom. The number of aromatic nitrogens is 1. The lowest BCUT2D eigenvalue weighted by molar-refractivity contribution is 0.771. The average Bonchev–Trinajstić information content (AvgIpc) is 2.29. The smallest absolute Gasteiger partial charge is 0.0772 e. The van der Waals surface area contributed by atoms with Gasteiger partial charge >= 0.3 is 0 Å².